The number of ether oxygens (including phenoxy) is 12. The molecule has 4 aliphatic carbocycles. The van der Waals surface area contributed by atoms with Gasteiger partial charge in [0.1, 0.15) is 12.4 Å². The van der Waals surface area contributed by atoms with E-state index in [4.69, 9.17) is 56.8 Å². The maximum atomic E-state index is 14.7. The number of esters is 8. The van der Waals surface area contributed by atoms with Crippen molar-refractivity contribution in [3.63, 3.8) is 0 Å². The average Bonchev–Trinajstić information content (AvgIpc) is 3.61. The highest BCUT2D eigenvalue weighted by atomic mass is 16.8. The number of carbonyl (C=O) groups is 10. The third-order valence-electron chi connectivity index (χ3n) is 15.1. The van der Waals surface area contributed by atoms with E-state index in [1.165, 1.54) is 0 Å². The van der Waals surface area contributed by atoms with E-state index in [0.717, 1.165) is 62.2 Å². The van der Waals surface area contributed by atoms with Crippen LogP contribution < -0.4 is 0 Å². The SMILES string of the molecule is COC(=O)[C@H]1O[C@@H](O[C@@H]2CC[C@]3(C)[C@H](CC[C@H]4[C@H]3C(=O)C[C@]3(C)[C@@H](C(=O)CO[C@H]5O[C@@H](C(=O)OC)[C@H](OC(C)=O)[C@@H](OC(C)=O)[C@@H]5OC(C)=O)CC[C@@H]43)C2)[C@H](OC(C)=O)[C@@H](OC(C)=O)[C@@H]1OC(C)=O. The van der Waals surface area contributed by atoms with E-state index in [9.17, 15) is 47.9 Å². The molecule has 18 atom stereocenters. The lowest BCUT2D eigenvalue weighted by Crippen LogP contribution is -2.64. The molecule has 0 unspecified atom stereocenters. The number of rotatable bonds is 14. The molecule has 384 valence electrons. The number of carbonyl (C=O) groups excluding carboxylic acids is 10. The van der Waals surface area contributed by atoms with Gasteiger partial charge < -0.3 is 56.8 Å². The van der Waals surface area contributed by atoms with Crippen LogP contribution in [0.4, 0.5) is 0 Å². The zero-order valence-electron chi connectivity index (χ0n) is 40.6. The predicted octanol–water partition coefficient (Wildman–Crippen LogP) is 2.18. The minimum absolute atomic E-state index is 0.000853. The molecule has 0 aromatic heterocycles. The molecule has 0 spiro atoms. The van der Waals surface area contributed by atoms with Crippen LogP contribution in [0.3, 0.4) is 0 Å². The normalized spacial score (nSPS) is 39.1. The van der Waals surface area contributed by atoms with Crippen LogP contribution in [0.25, 0.3) is 0 Å². The fourth-order valence-corrected chi connectivity index (χ4v) is 12.5. The van der Waals surface area contributed by atoms with Crippen LogP contribution in [0, 0.1) is 40.4 Å². The monoisotopic (exact) mass is 980 g/mol. The minimum atomic E-state index is -1.70. The van der Waals surface area contributed by atoms with E-state index in [0.29, 0.717) is 38.5 Å². The summed E-state index contributed by atoms with van der Waals surface area (Å²) in [7, 11) is 2.16. The van der Waals surface area contributed by atoms with E-state index in [1.807, 2.05) is 6.92 Å². The van der Waals surface area contributed by atoms with E-state index in [1.54, 1.807) is 0 Å². The van der Waals surface area contributed by atoms with Crippen molar-refractivity contribution in [1.82, 2.24) is 0 Å². The molecule has 6 aliphatic rings. The highest BCUT2D eigenvalue weighted by molar-refractivity contribution is 5.88. The maximum Gasteiger partial charge on any atom is 0.339 e. The molecule has 6 rings (SSSR count). The fraction of sp³-hybridized carbons (Fsp3) is 0.787. The lowest BCUT2D eigenvalue weighted by Gasteiger charge is -2.60. The number of hydrogen-bond acceptors (Lipinski definition) is 22. The van der Waals surface area contributed by atoms with Gasteiger partial charge in [-0.05, 0) is 73.5 Å². The van der Waals surface area contributed by atoms with Gasteiger partial charge in [-0.1, -0.05) is 13.8 Å². The Labute approximate surface area is 398 Å². The van der Waals surface area contributed by atoms with Gasteiger partial charge in [0.15, 0.2) is 67.2 Å². The molecule has 2 heterocycles. The van der Waals surface area contributed by atoms with E-state index in [-0.39, 0.29) is 41.7 Å². The van der Waals surface area contributed by atoms with Crippen LogP contribution >= 0.6 is 0 Å². The first-order chi connectivity index (χ1) is 32.4. The highest BCUT2D eigenvalue weighted by Gasteiger charge is 2.65. The molecular weight excluding hydrogens is 916 g/mol. The average molecular weight is 981 g/mol. The van der Waals surface area contributed by atoms with Crippen molar-refractivity contribution >= 4 is 59.3 Å². The summed E-state index contributed by atoms with van der Waals surface area (Å²) in [5.41, 5.74) is -1.18. The Morgan fingerprint density at radius 1 is 0.565 bits per heavy atom. The van der Waals surface area contributed by atoms with Gasteiger partial charge in [-0.15, -0.1) is 0 Å². The zero-order valence-corrected chi connectivity index (χ0v) is 40.6. The highest BCUT2D eigenvalue weighted by Crippen LogP contribution is 2.66. The topological polar surface area (TPSA) is 281 Å². The number of Topliss-reactive ketones (excluding diaryl/α,β-unsaturated/α-hetero) is 2. The van der Waals surface area contributed by atoms with Gasteiger partial charge in [0.2, 0.25) is 0 Å². The summed E-state index contributed by atoms with van der Waals surface area (Å²) >= 11 is 0. The molecule has 22 nitrogen and oxygen atoms in total. The summed E-state index contributed by atoms with van der Waals surface area (Å²) in [6.07, 6.45) is -12.0. The first-order valence-electron chi connectivity index (χ1n) is 23.3. The molecular formula is C47H64O22. The second-order valence-corrected chi connectivity index (χ2v) is 19.5. The number of hydrogen-bond donors (Lipinski definition) is 0. The smallest absolute Gasteiger partial charge is 0.339 e. The Morgan fingerprint density at radius 3 is 1.52 bits per heavy atom. The summed E-state index contributed by atoms with van der Waals surface area (Å²) in [5, 5.41) is 0. The second-order valence-electron chi connectivity index (χ2n) is 19.5. The van der Waals surface area contributed by atoms with E-state index >= 15 is 0 Å². The second kappa shape index (κ2) is 21.5. The van der Waals surface area contributed by atoms with Crippen molar-refractivity contribution in [2.24, 2.45) is 40.4 Å². The third kappa shape index (κ3) is 11.1. The number of ketones is 2. The molecule has 2 saturated heterocycles. The standard InChI is InChI=1S/C47H64O22/c1-20(48)61-34-36(63-22(3)50)40(65-24(5)52)44(68-38(34)42(56)58-9)60-19-32(55)30-14-13-29-28-12-11-26-17-27(15-16-46(26,7)33(28)31(54)18-47(29,30)8)67-45-41(66-25(6)53)37(64-23(4)51)35(62-21(2)49)39(69-45)43(57)59-10/h26-30,33-41,44-45H,11-19H2,1-10H3/t26-,27-,28-,29+,30-,33+,34-,35+,36-,37+,38-,39+,40+,41-,44+,45-,46-,47+/m1/s1. The van der Waals surface area contributed by atoms with Crippen LogP contribution in [0.5, 0.6) is 0 Å². The van der Waals surface area contributed by atoms with Gasteiger partial charge >= 0.3 is 47.8 Å². The predicted molar refractivity (Wildman–Crippen MR) is 226 cm³/mol. The third-order valence-corrected chi connectivity index (χ3v) is 15.1. The number of fused-ring (bicyclic) bond motifs is 5. The van der Waals surface area contributed by atoms with Crippen LogP contribution in [0.2, 0.25) is 0 Å². The quantitative estimate of drug-likeness (QED) is 0.137. The zero-order chi connectivity index (χ0) is 50.9. The summed E-state index contributed by atoms with van der Waals surface area (Å²) in [5.74, 6) is -8.24. The molecule has 0 aromatic carbocycles. The lowest BCUT2D eigenvalue weighted by atomic mass is 9.44. The van der Waals surface area contributed by atoms with Crippen LogP contribution in [-0.2, 0) is 105 Å². The van der Waals surface area contributed by atoms with Crippen LogP contribution in [-0.4, -0.2) is 148 Å². The van der Waals surface area contributed by atoms with Gasteiger partial charge in [-0.3, -0.25) is 38.4 Å². The van der Waals surface area contributed by atoms with Gasteiger partial charge in [-0.2, -0.15) is 0 Å². The summed E-state index contributed by atoms with van der Waals surface area (Å²) in [6.45, 7) is 10.0. The van der Waals surface area contributed by atoms with Crippen LogP contribution in [0.1, 0.15) is 107 Å². The van der Waals surface area contributed by atoms with E-state index < -0.39 is 139 Å². The molecule has 4 saturated carbocycles. The minimum Gasteiger partial charge on any atom is -0.467 e. The molecule has 0 bridgehead atoms. The summed E-state index contributed by atoms with van der Waals surface area (Å²) in [4.78, 5) is 128. The van der Waals surface area contributed by atoms with Gasteiger partial charge in [-0.25, -0.2) is 9.59 Å². The fourth-order valence-electron chi connectivity index (χ4n) is 12.5. The van der Waals surface area contributed by atoms with Crippen molar-refractivity contribution in [2.75, 3.05) is 20.8 Å². The summed E-state index contributed by atoms with van der Waals surface area (Å²) in [6, 6.07) is 0. The Hall–Kier alpha value is -5.06. The van der Waals surface area contributed by atoms with Crippen molar-refractivity contribution in [2.45, 2.75) is 174 Å². The molecule has 0 aromatic rings. The van der Waals surface area contributed by atoms with E-state index in [2.05, 4.69) is 6.92 Å². The molecule has 0 radical (unpaired) electrons. The van der Waals surface area contributed by atoms with Crippen LogP contribution in [0.15, 0.2) is 0 Å². The van der Waals surface area contributed by atoms with Crippen molar-refractivity contribution in [1.29, 1.82) is 0 Å². The molecule has 69 heavy (non-hydrogen) atoms. The van der Waals surface area contributed by atoms with Crippen molar-refractivity contribution < 1.29 is 105 Å². The Balaban J connectivity index is 1.16. The lowest BCUT2D eigenvalue weighted by molar-refractivity contribution is -0.314. The number of methoxy groups -OCH3 is 2. The molecule has 0 amide bonds. The molecule has 22 heteroatoms. The Morgan fingerprint density at radius 2 is 1.03 bits per heavy atom. The van der Waals surface area contributed by atoms with Gasteiger partial charge in [0.05, 0.1) is 20.3 Å². The Kier molecular flexibility index (Phi) is 16.6. The summed E-state index contributed by atoms with van der Waals surface area (Å²) < 4.78 is 66.8. The largest absolute Gasteiger partial charge is 0.467 e. The van der Waals surface area contributed by atoms with Gasteiger partial charge in [0.25, 0.3) is 0 Å². The van der Waals surface area contributed by atoms with Crippen molar-refractivity contribution in [3.8, 4) is 0 Å². The molecule has 0 N–H and O–H groups in total. The van der Waals surface area contributed by atoms with Crippen molar-refractivity contribution in [3.05, 3.63) is 0 Å². The first-order valence-corrected chi connectivity index (χ1v) is 23.3. The maximum absolute atomic E-state index is 14.7. The Bertz CT molecular complexity index is 2040. The molecule has 2 aliphatic heterocycles. The van der Waals surface area contributed by atoms with Gasteiger partial charge in [0, 0.05) is 59.8 Å². The molecule has 6 fully saturated rings. The first kappa shape index (κ1) is 53.3.